The minimum Gasteiger partial charge on any atom is -0.308 e. The van der Waals surface area contributed by atoms with Gasteiger partial charge < -0.3 is 5.43 Å². The van der Waals surface area contributed by atoms with Gasteiger partial charge in [-0.25, -0.2) is 24.0 Å². The molecule has 7 heteroatoms. The number of sulfonamides is 1. The van der Waals surface area contributed by atoms with E-state index in [9.17, 15) is 8.42 Å². The van der Waals surface area contributed by atoms with E-state index in [4.69, 9.17) is 5.84 Å². The molecule has 1 heterocycles. The van der Waals surface area contributed by atoms with Crippen LogP contribution < -0.4 is 16.0 Å². The predicted molar refractivity (Wildman–Crippen MR) is 64.6 cm³/mol. The van der Waals surface area contributed by atoms with Crippen molar-refractivity contribution in [1.29, 1.82) is 0 Å². The van der Waals surface area contributed by atoms with Crippen LogP contribution in [0.2, 0.25) is 0 Å². The number of hydrogen-bond donors (Lipinski definition) is 3. The van der Waals surface area contributed by atoms with E-state index in [1.165, 1.54) is 18.3 Å². The summed E-state index contributed by atoms with van der Waals surface area (Å²) in [6.07, 6.45) is 4.22. The molecule has 0 atom stereocenters. The van der Waals surface area contributed by atoms with Crippen molar-refractivity contribution in [3.8, 4) is 0 Å². The first-order valence-electron chi connectivity index (χ1n) is 5.42. The van der Waals surface area contributed by atoms with Crippen molar-refractivity contribution in [3.05, 3.63) is 18.3 Å². The Morgan fingerprint density at radius 1 is 1.47 bits per heavy atom. The number of rotatable bonds is 4. The van der Waals surface area contributed by atoms with Gasteiger partial charge in [0.1, 0.15) is 5.82 Å². The van der Waals surface area contributed by atoms with Gasteiger partial charge in [0.15, 0.2) is 0 Å². The van der Waals surface area contributed by atoms with E-state index in [0.29, 0.717) is 5.82 Å². The van der Waals surface area contributed by atoms with Crippen LogP contribution in [0.5, 0.6) is 0 Å². The SMILES string of the molecule is CC1(NS(=O)(=O)c2ccnc(NN)c2)CCC1. The van der Waals surface area contributed by atoms with Gasteiger partial charge in [-0.1, -0.05) is 0 Å². The minimum atomic E-state index is -3.50. The van der Waals surface area contributed by atoms with Gasteiger partial charge in [-0.3, -0.25) is 0 Å². The van der Waals surface area contributed by atoms with Crippen LogP contribution in [-0.4, -0.2) is 18.9 Å². The van der Waals surface area contributed by atoms with Crippen LogP contribution in [0.15, 0.2) is 23.2 Å². The predicted octanol–water partition coefficient (Wildman–Crippen LogP) is 0.588. The van der Waals surface area contributed by atoms with Crippen molar-refractivity contribution in [2.24, 2.45) is 5.84 Å². The molecule has 1 saturated carbocycles. The number of nitrogens with zero attached hydrogens (tertiary/aromatic N) is 1. The zero-order valence-corrected chi connectivity index (χ0v) is 10.4. The van der Waals surface area contributed by atoms with Crippen molar-refractivity contribution >= 4 is 15.8 Å². The van der Waals surface area contributed by atoms with Crippen molar-refractivity contribution < 1.29 is 8.42 Å². The van der Waals surface area contributed by atoms with E-state index in [-0.39, 0.29) is 10.4 Å². The summed E-state index contributed by atoms with van der Waals surface area (Å²) in [5.41, 5.74) is 2.02. The third kappa shape index (κ3) is 2.56. The van der Waals surface area contributed by atoms with Crippen LogP contribution in [-0.2, 0) is 10.0 Å². The van der Waals surface area contributed by atoms with Crippen molar-refractivity contribution in [2.45, 2.75) is 36.6 Å². The number of nitrogens with two attached hydrogens (primary N) is 1. The number of anilines is 1. The maximum atomic E-state index is 12.1. The molecule has 0 amide bonds. The van der Waals surface area contributed by atoms with Gasteiger partial charge in [0.05, 0.1) is 4.90 Å². The standard InChI is InChI=1S/C10H16N4O2S/c1-10(4-2-5-10)14-17(15,16)8-3-6-12-9(7-8)13-11/h3,6-7,14H,2,4-5,11H2,1H3,(H,12,13). The Morgan fingerprint density at radius 2 is 2.18 bits per heavy atom. The van der Waals surface area contributed by atoms with Gasteiger partial charge in [-0.2, -0.15) is 0 Å². The van der Waals surface area contributed by atoms with E-state index < -0.39 is 10.0 Å². The molecule has 1 aromatic rings. The molecule has 0 radical (unpaired) electrons. The van der Waals surface area contributed by atoms with Crippen LogP contribution >= 0.6 is 0 Å². The first-order valence-corrected chi connectivity index (χ1v) is 6.90. The fourth-order valence-electron chi connectivity index (χ4n) is 1.85. The summed E-state index contributed by atoms with van der Waals surface area (Å²) in [5.74, 6) is 5.52. The molecule has 0 spiro atoms. The summed E-state index contributed by atoms with van der Waals surface area (Å²) in [4.78, 5) is 4.05. The zero-order chi connectivity index (χ0) is 12.5. The molecule has 17 heavy (non-hydrogen) atoms. The minimum absolute atomic E-state index is 0.175. The summed E-state index contributed by atoms with van der Waals surface area (Å²) in [7, 11) is -3.50. The molecule has 1 aliphatic rings. The highest BCUT2D eigenvalue weighted by Gasteiger charge is 2.36. The normalized spacial score (nSPS) is 18.5. The Bertz CT molecular complexity index is 511. The third-order valence-electron chi connectivity index (χ3n) is 3.03. The second-order valence-electron chi connectivity index (χ2n) is 4.54. The van der Waals surface area contributed by atoms with Gasteiger partial charge >= 0.3 is 0 Å². The lowest BCUT2D eigenvalue weighted by Crippen LogP contribution is -2.50. The van der Waals surface area contributed by atoms with Gasteiger partial charge in [0.25, 0.3) is 0 Å². The number of nitrogen functional groups attached to an aromatic ring is 1. The van der Waals surface area contributed by atoms with Crippen molar-refractivity contribution in [3.63, 3.8) is 0 Å². The fourth-order valence-corrected chi connectivity index (χ4v) is 3.33. The maximum absolute atomic E-state index is 12.1. The van der Waals surface area contributed by atoms with Gasteiger partial charge in [0, 0.05) is 17.8 Å². The molecular formula is C10H16N4O2S. The molecule has 1 aliphatic carbocycles. The third-order valence-corrected chi connectivity index (χ3v) is 4.66. The lowest BCUT2D eigenvalue weighted by atomic mass is 9.80. The quantitative estimate of drug-likeness (QED) is 0.541. The van der Waals surface area contributed by atoms with Crippen LogP contribution in [0.1, 0.15) is 26.2 Å². The number of hydrazine groups is 1. The van der Waals surface area contributed by atoms with Crippen LogP contribution in [0.4, 0.5) is 5.82 Å². The summed E-state index contributed by atoms with van der Waals surface area (Å²) >= 11 is 0. The van der Waals surface area contributed by atoms with Gasteiger partial charge in [-0.05, 0) is 32.3 Å². The fraction of sp³-hybridized carbons (Fsp3) is 0.500. The molecular weight excluding hydrogens is 240 g/mol. The summed E-state index contributed by atoms with van der Waals surface area (Å²) in [5, 5.41) is 0. The average molecular weight is 256 g/mol. The Morgan fingerprint density at radius 3 is 2.71 bits per heavy atom. The molecule has 0 unspecified atom stereocenters. The van der Waals surface area contributed by atoms with Crippen molar-refractivity contribution in [1.82, 2.24) is 9.71 Å². The highest BCUT2D eigenvalue weighted by molar-refractivity contribution is 7.89. The van der Waals surface area contributed by atoms with Crippen LogP contribution in [0.25, 0.3) is 0 Å². The molecule has 0 bridgehead atoms. The Hall–Kier alpha value is -1.18. The monoisotopic (exact) mass is 256 g/mol. The van der Waals surface area contributed by atoms with E-state index >= 15 is 0 Å². The highest BCUT2D eigenvalue weighted by Crippen LogP contribution is 2.32. The summed E-state index contributed by atoms with van der Waals surface area (Å²) in [6.45, 7) is 1.91. The second-order valence-corrected chi connectivity index (χ2v) is 6.22. The maximum Gasteiger partial charge on any atom is 0.241 e. The number of hydrogen-bond acceptors (Lipinski definition) is 5. The molecule has 94 valence electrons. The zero-order valence-electron chi connectivity index (χ0n) is 9.60. The van der Waals surface area contributed by atoms with Gasteiger partial charge in [0.2, 0.25) is 10.0 Å². The Labute approximate surface area is 101 Å². The molecule has 4 N–H and O–H groups in total. The molecule has 1 fully saturated rings. The average Bonchev–Trinajstić information content (AvgIpc) is 2.26. The van der Waals surface area contributed by atoms with Gasteiger partial charge in [-0.15, -0.1) is 0 Å². The van der Waals surface area contributed by atoms with Crippen LogP contribution in [0, 0.1) is 0 Å². The molecule has 6 nitrogen and oxygen atoms in total. The molecule has 0 aromatic carbocycles. The smallest absolute Gasteiger partial charge is 0.241 e. The summed E-state index contributed by atoms with van der Waals surface area (Å²) in [6, 6.07) is 2.86. The first-order chi connectivity index (χ1) is 7.95. The van der Waals surface area contributed by atoms with Crippen LogP contribution in [0.3, 0.4) is 0 Å². The first kappa shape index (κ1) is 12.3. The number of pyridine rings is 1. The topological polar surface area (TPSA) is 97.1 Å². The van der Waals surface area contributed by atoms with E-state index in [1.807, 2.05) is 6.92 Å². The highest BCUT2D eigenvalue weighted by atomic mass is 32.2. The second kappa shape index (κ2) is 4.25. The van der Waals surface area contributed by atoms with Crippen molar-refractivity contribution in [2.75, 3.05) is 5.43 Å². The molecule has 0 aliphatic heterocycles. The molecule has 2 rings (SSSR count). The number of nitrogens with one attached hydrogen (secondary N) is 2. The number of aromatic nitrogens is 1. The lowest BCUT2D eigenvalue weighted by molar-refractivity contribution is 0.248. The van der Waals surface area contributed by atoms with E-state index in [2.05, 4.69) is 15.1 Å². The van der Waals surface area contributed by atoms with E-state index in [0.717, 1.165) is 19.3 Å². The Balaban J connectivity index is 2.24. The largest absolute Gasteiger partial charge is 0.308 e. The molecule has 0 saturated heterocycles. The van der Waals surface area contributed by atoms with E-state index in [1.54, 1.807) is 0 Å². The molecule has 1 aromatic heterocycles. The summed E-state index contributed by atoms with van der Waals surface area (Å²) < 4.78 is 26.9. The Kier molecular flexibility index (Phi) is 3.07. The lowest BCUT2D eigenvalue weighted by Gasteiger charge is -2.38.